The lowest BCUT2D eigenvalue weighted by Crippen LogP contribution is -2.25. The summed E-state index contributed by atoms with van der Waals surface area (Å²) < 4.78 is 5.49. The van der Waals surface area contributed by atoms with E-state index >= 15 is 0 Å². The molecule has 5 heteroatoms. The molecule has 1 aliphatic heterocycles. The summed E-state index contributed by atoms with van der Waals surface area (Å²) in [6.07, 6.45) is 2.59. The van der Waals surface area contributed by atoms with Gasteiger partial charge in [-0.25, -0.2) is 0 Å². The van der Waals surface area contributed by atoms with Gasteiger partial charge in [0.25, 0.3) is 5.69 Å². The summed E-state index contributed by atoms with van der Waals surface area (Å²) >= 11 is 0. The van der Waals surface area contributed by atoms with Gasteiger partial charge >= 0.3 is 0 Å². The van der Waals surface area contributed by atoms with E-state index in [1.807, 2.05) is 0 Å². The Morgan fingerprint density at radius 3 is 2.76 bits per heavy atom. The fourth-order valence-corrected chi connectivity index (χ4v) is 1.92. The quantitative estimate of drug-likeness (QED) is 0.626. The van der Waals surface area contributed by atoms with Crippen LogP contribution in [-0.4, -0.2) is 24.2 Å². The Balaban J connectivity index is 1.76. The summed E-state index contributed by atoms with van der Waals surface area (Å²) in [4.78, 5) is 10.1. The maximum Gasteiger partial charge on any atom is 0.269 e. The zero-order valence-electron chi connectivity index (χ0n) is 9.59. The van der Waals surface area contributed by atoms with Crippen molar-refractivity contribution in [2.45, 2.75) is 25.5 Å². The molecule has 0 spiro atoms. The first-order valence-corrected chi connectivity index (χ1v) is 5.81. The Labute approximate surface area is 99.9 Å². The Bertz CT molecular complexity index is 372. The van der Waals surface area contributed by atoms with E-state index in [1.54, 1.807) is 12.1 Å². The highest BCUT2D eigenvalue weighted by atomic mass is 16.6. The first-order chi connectivity index (χ1) is 8.25. The second-order valence-electron chi connectivity index (χ2n) is 4.19. The van der Waals surface area contributed by atoms with Gasteiger partial charge in [-0.1, -0.05) is 12.1 Å². The molecule has 0 radical (unpaired) electrons. The van der Waals surface area contributed by atoms with Crippen molar-refractivity contribution in [2.24, 2.45) is 0 Å². The highest BCUT2D eigenvalue weighted by molar-refractivity contribution is 5.32. The van der Waals surface area contributed by atoms with Gasteiger partial charge in [0, 0.05) is 31.8 Å². The third-order valence-electron chi connectivity index (χ3n) is 2.87. The van der Waals surface area contributed by atoms with Gasteiger partial charge in [0.15, 0.2) is 0 Å². The summed E-state index contributed by atoms with van der Waals surface area (Å²) in [5, 5.41) is 13.8. The molecule has 1 aromatic carbocycles. The number of nitrogens with one attached hydrogen (secondary N) is 1. The molecule has 1 saturated heterocycles. The van der Waals surface area contributed by atoms with E-state index in [4.69, 9.17) is 4.74 Å². The highest BCUT2D eigenvalue weighted by Gasteiger charge is 2.14. The minimum absolute atomic E-state index is 0.132. The Hall–Kier alpha value is -1.46. The zero-order chi connectivity index (χ0) is 12.1. The minimum atomic E-state index is -0.385. The third-order valence-corrected chi connectivity index (χ3v) is 2.87. The lowest BCUT2D eigenvalue weighted by atomic mass is 10.2. The largest absolute Gasteiger partial charge is 0.377 e. The summed E-state index contributed by atoms with van der Waals surface area (Å²) in [7, 11) is 0. The van der Waals surface area contributed by atoms with E-state index in [9.17, 15) is 10.1 Å². The van der Waals surface area contributed by atoms with Crippen molar-refractivity contribution in [3.63, 3.8) is 0 Å². The van der Waals surface area contributed by atoms with E-state index < -0.39 is 0 Å². The normalized spacial score (nSPS) is 19.4. The van der Waals surface area contributed by atoms with Gasteiger partial charge in [-0.05, 0) is 18.4 Å². The van der Waals surface area contributed by atoms with Crippen LogP contribution in [0.4, 0.5) is 5.69 Å². The van der Waals surface area contributed by atoms with Crippen LogP contribution in [-0.2, 0) is 11.3 Å². The van der Waals surface area contributed by atoms with Gasteiger partial charge in [0.1, 0.15) is 0 Å². The van der Waals surface area contributed by atoms with E-state index in [-0.39, 0.29) is 10.6 Å². The van der Waals surface area contributed by atoms with Crippen LogP contribution in [0.1, 0.15) is 18.4 Å². The second-order valence-corrected chi connectivity index (χ2v) is 4.19. The van der Waals surface area contributed by atoms with Crippen molar-refractivity contribution in [2.75, 3.05) is 13.2 Å². The van der Waals surface area contributed by atoms with Crippen LogP contribution in [0.15, 0.2) is 24.3 Å². The molecule has 92 valence electrons. The Kier molecular flexibility index (Phi) is 4.06. The second kappa shape index (κ2) is 5.75. The SMILES string of the molecule is O=[N+]([O-])c1ccc(CNCC2CCCO2)cc1. The average molecular weight is 236 g/mol. The standard InChI is InChI=1S/C12H16N2O3/c15-14(16)11-5-3-10(4-6-11)8-13-9-12-2-1-7-17-12/h3-6,12-13H,1-2,7-9H2. The van der Waals surface area contributed by atoms with Crippen molar-refractivity contribution in [3.05, 3.63) is 39.9 Å². The predicted molar refractivity (Wildman–Crippen MR) is 63.8 cm³/mol. The third kappa shape index (κ3) is 3.51. The number of nitro benzene ring substituents is 1. The molecule has 1 fully saturated rings. The number of hydrogen-bond donors (Lipinski definition) is 1. The molecule has 0 aromatic heterocycles. The maximum absolute atomic E-state index is 10.5. The summed E-state index contributed by atoms with van der Waals surface area (Å²) in [6.45, 7) is 2.43. The molecule has 17 heavy (non-hydrogen) atoms. The highest BCUT2D eigenvalue weighted by Crippen LogP contribution is 2.13. The molecule has 2 rings (SSSR count). The molecule has 1 heterocycles. The van der Waals surface area contributed by atoms with Gasteiger partial charge in [0.05, 0.1) is 11.0 Å². The van der Waals surface area contributed by atoms with E-state index in [2.05, 4.69) is 5.32 Å². The maximum atomic E-state index is 10.5. The van der Waals surface area contributed by atoms with Gasteiger partial charge in [-0.3, -0.25) is 10.1 Å². The molecule has 0 aliphatic carbocycles. The summed E-state index contributed by atoms with van der Waals surface area (Å²) in [5.74, 6) is 0. The fraction of sp³-hybridized carbons (Fsp3) is 0.500. The molecular weight excluding hydrogens is 220 g/mol. The molecular formula is C12H16N2O3. The minimum Gasteiger partial charge on any atom is -0.377 e. The van der Waals surface area contributed by atoms with Crippen LogP contribution in [0, 0.1) is 10.1 Å². The number of rotatable bonds is 5. The molecule has 1 aliphatic rings. The summed E-state index contributed by atoms with van der Waals surface area (Å²) in [6, 6.07) is 6.62. The van der Waals surface area contributed by atoms with Gasteiger partial charge in [-0.2, -0.15) is 0 Å². The van der Waals surface area contributed by atoms with Gasteiger partial charge in [0.2, 0.25) is 0 Å². The van der Waals surface area contributed by atoms with Crippen molar-refractivity contribution in [3.8, 4) is 0 Å². The predicted octanol–water partition coefficient (Wildman–Crippen LogP) is 1.86. The number of non-ortho nitro benzene ring substituents is 1. The van der Waals surface area contributed by atoms with Crippen molar-refractivity contribution >= 4 is 5.69 Å². The number of nitro groups is 1. The van der Waals surface area contributed by atoms with Gasteiger partial charge < -0.3 is 10.1 Å². The topological polar surface area (TPSA) is 64.4 Å². The number of ether oxygens (including phenoxy) is 1. The lowest BCUT2D eigenvalue weighted by Gasteiger charge is -2.10. The van der Waals surface area contributed by atoms with Crippen LogP contribution >= 0.6 is 0 Å². The van der Waals surface area contributed by atoms with Crippen LogP contribution in [0.3, 0.4) is 0 Å². The molecule has 0 amide bonds. The number of nitrogens with zero attached hydrogens (tertiary/aromatic N) is 1. The molecule has 5 nitrogen and oxygen atoms in total. The van der Waals surface area contributed by atoms with E-state index in [0.29, 0.717) is 6.10 Å². The Morgan fingerprint density at radius 1 is 1.41 bits per heavy atom. The first-order valence-electron chi connectivity index (χ1n) is 5.81. The van der Waals surface area contributed by atoms with Crippen LogP contribution in [0.5, 0.6) is 0 Å². The smallest absolute Gasteiger partial charge is 0.269 e. The molecule has 1 aromatic rings. The van der Waals surface area contributed by atoms with Crippen LogP contribution in [0.25, 0.3) is 0 Å². The lowest BCUT2D eigenvalue weighted by molar-refractivity contribution is -0.384. The van der Waals surface area contributed by atoms with Crippen molar-refractivity contribution in [1.29, 1.82) is 0 Å². The van der Waals surface area contributed by atoms with Crippen molar-refractivity contribution in [1.82, 2.24) is 5.32 Å². The van der Waals surface area contributed by atoms with Crippen LogP contribution < -0.4 is 5.32 Å². The fourth-order valence-electron chi connectivity index (χ4n) is 1.92. The molecule has 0 saturated carbocycles. The van der Waals surface area contributed by atoms with E-state index in [1.165, 1.54) is 12.1 Å². The number of hydrogen-bond acceptors (Lipinski definition) is 4. The summed E-state index contributed by atoms with van der Waals surface area (Å²) in [5.41, 5.74) is 1.18. The molecule has 1 atom stereocenters. The van der Waals surface area contributed by atoms with Crippen molar-refractivity contribution < 1.29 is 9.66 Å². The molecule has 1 N–H and O–H groups in total. The first kappa shape index (κ1) is 12.0. The Morgan fingerprint density at radius 2 is 2.18 bits per heavy atom. The average Bonchev–Trinajstić information content (AvgIpc) is 2.83. The van der Waals surface area contributed by atoms with E-state index in [0.717, 1.165) is 38.1 Å². The number of benzene rings is 1. The monoisotopic (exact) mass is 236 g/mol. The van der Waals surface area contributed by atoms with Crippen LogP contribution in [0.2, 0.25) is 0 Å². The molecule has 1 unspecified atom stereocenters. The molecule has 0 bridgehead atoms. The zero-order valence-corrected chi connectivity index (χ0v) is 9.59. The van der Waals surface area contributed by atoms with Gasteiger partial charge in [-0.15, -0.1) is 0 Å².